The van der Waals surface area contributed by atoms with Crippen LogP contribution in [-0.2, 0) is 0 Å². The van der Waals surface area contributed by atoms with E-state index in [4.69, 9.17) is 0 Å². The Labute approximate surface area is 94.5 Å². The summed E-state index contributed by atoms with van der Waals surface area (Å²) in [5.74, 6) is 0. The highest BCUT2D eigenvalue weighted by Crippen LogP contribution is 2.03. The Balaban J connectivity index is -0.0000000817. The molecule has 0 unspecified atom stereocenters. The average Bonchev–Trinajstić information content (AvgIpc) is 1.81. The molecule has 0 nitrogen and oxygen atoms in total. The van der Waals surface area contributed by atoms with Crippen molar-refractivity contribution in [2.45, 2.75) is 52.4 Å². The maximum absolute atomic E-state index is 2.26. The molecule has 11 heavy (non-hydrogen) atoms. The van der Waals surface area contributed by atoms with Crippen LogP contribution in [0.15, 0.2) is 0 Å². The Bertz CT molecular complexity index is 37.1. The van der Waals surface area contributed by atoms with Crippen molar-refractivity contribution in [3.05, 3.63) is 0 Å². The van der Waals surface area contributed by atoms with E-state index in [2.05, 4.69) is 13.8 Å². The molecule has 0 atom stereocenters. The van der Waals surface area contributed by atoms with Gasteiger partial charge in [-0.3, -0.25) is 0 Å². The maximum atomic E-state index is 2.26. The van der Waals surface area contributed by atoms with E-state index >= 15 is 0 Å². The SMILES string of the molecule is CCCCCCCC.Cl.Cl.[AlH3]. The Kier molecular flexibility index (Phi) is 46.4. The van der Waals surface area contributed by atoms with Gasteiger partial charge >= 0.3 is 0 Å². The van der Waals surface area contributed by atoms with Crippen molar-refractivity contribution in [2.75, 3.05) is 0 Å². The zero-order valence-corrected chi connectivity index (χ0v) is 8.69. The summed E-state index contributed by atoms with van der Waals surface area (Å²) in [5.41, 5.74) is 0. The van der Waals surface area contributed by atoms with Crippen LogP contribution in [0, 0.1) is 0 Å². The van der Waals surface area contributed by atoms with E-state index in [1.807, 2.05) is 0 Å². The number of hydrogen-bond acceptors (Lipinski definition) is 0. The zero-order valence-electron chi connectivity index (χ0n) is 7.06. The van der Waals surface area contributed by atoms with Crippen LogP contribution in [0.3, 0.4) is 0 Å². The summed E-state index contributed by atoms with van der Waals surface area (Å²) in [6, 6.07) is 0. The van der Waals surface area contributed by atoms with Crippen LogP contribution in [0.25, 0.3) is 0 Å². The summed E-state index contributed by atoms with van der Waals surface area (Å²) in [7, 11) is 0. The number of unbranched alkanes of at least 4 members (excludes halogenated alkanes) is 5. The minimum atomic E-state index is 0. The van der Waals surface area contributed by atoms with Crippen molar-refractivity contribution in [1.82, 2.24) is 0 Å². The van der Waals surface area contributed by atoms with Crippen LogP contribution >= 0.6 is 24.8 Å². The van der Waals surface area contributed by atoms with E-state index in [0.717, 1.165) is 0 Å². The molecule has 0 bridgehead atoms. The molecule has 0 rings (SSSR count). The lowest BCUT2D eigenvalue weighted by Gasteiger charge is -1.93. The van der Waals surface area contributed by atoms with Crippen molar-refractivity contribution in [3.63, 3.8) is 0 Å². The fraction of sp³-hybridized carbons (Fsp3) is 1.00. The van der Waals surface area contributed by atoms with Crippen molar-refractivity contribution < 1.29 is 0 Å². The molecule has 0 aliphatic rings. The van der Waals surface area contributed by atoms with E-state index in [-0.39, 0.29) is 42.2 Å². The second-order valence-corrected chi connectivity index (χ2v) is 2.41. The Morgan fingerprint density at radius 3 is 1.09 bits per heavy atom. The summed E-state index contributed by atoms with van der Waals surface area (Å²) < 4.78 is 0. The van der Waals surface area contributed by atoms with E-state index in [9.17, 15) is 0 Å². The van der Waals surface area contributed by atoms with Gasteiger partial charge in [0.2, 0.25) is 0 Å². The monoisotopic (exact) mass is 216 g/mol. The summed E-state index contributed by atoms with van der Waals surface area (Å²) >= 11 is 0. The minimum absolute atomic E-state index is 0. The smallest absolute Gasteiger partial charge is 0.147 e. The molecule has 0 amide bonds. The molecule has 3 heteroatoms. The van der Waals surface area contributed by atoms with Crippen LogP contribution in [0.4, 0.5) is 0 Å². The molecule has 0 aromatic rings. The highest BCUT2D eigenvalue weighted by molar-refractivity contribution is 5.85. The van der Waals surface area contributed by atoms with Gasteiger partial charge in [-0.25, -0.2) is 0 Å². The lowest BCUT2D eigenvalue weighted by atomic mass is 10.1. The fourth-order valence-electron chi connectivity index (χ4n) is 0.854. The van der Waals surface area contributed by atoms with E-state index in [1.165, 1.54) is 38.5 Å². The van der Waals surface area contributed by atoms with Gasteiger partial charge in [-0.1, -0.05) is 52.4 Å². The Morgan fingerprint density at radius 1 is 0.636 bits per heavy atom. The lowest BCUT2D eigenvalue weighted by Crippen LogP contribution is -1.73. The third-order valence-corrected chi connectivity index (χ3v) is 1.46. The highest BCUT2D eigenvalue weighted by Gasteiger charge is 1.83. The van der Waals surface area contributed by atoms with Crippen molar-refractivity contribution in [2.24, 2.45) is 0 Å². The van der Waals surface area contributed by atoms with E-state index in [0.29, 0.717) is 0 Å². The van der Waals surface area contributed by atoms with Crippen molar-refractivity contribution >= 4 is 42.2 Å². The predicted molar refractivity (Wildman–Crippen MR) is 63.5 cm³/mol. The van der Waals surface area contributed by atoms with Gasteiger partial charge in [0, 0.05) is 0 Å². The van der Waals surface area contributed by atoms with Gasteiger partial charge in [-0.05, 0) is 0 Å². The van der Waals surface area contributed by atoms with Crippen LogP contribution in [0.2, 0.25) is 0 Å². The highest BCUT2D eigenvalue weighted by atomic mass is 35.5. The lowest BCUT2D eigenvalue weighted by molar-refractivity contribution is 0.624. The predicted octanol–water partition coefficient (Wildman–Crippen LogP) is 3.03. The molecule has 0 aliphatic heterocycles. The molecule has 0 saturated heterocycles. The van der Waals surface area contributed by atoms with Crippen LogP contribution in [-0.4, -0.2) is 17.4 Å². The molecular formula is C8H23AlCl2. The van der Waals surface area contributed by atoms with Gasteiger partial charge in [0.05, 0.1) is 0 Å². The average molecular weight is 217 g/mol. The number of hydrogen-bond donors (Lipinski definition) is 0. The van der Waals surface area contributed by atoms with Gasteiger partial charge in [0.1, 0.15) is 0 Å². The van der Waals surface area contributed by atoms with Gasteiger partial charge in [0.25, 0.3) is 0 Å². The first-order chi connectivity index (χ1) is 3.91. The molecule has 0 saturated carbocycles. The standard InChI is InChI=1S/C8H18.Al.2ClH.3H/c1-3-5-7-8-6-4-2;;;;;;/h3-8H2,1-2H3;;2*1H;;;. The van der Waals surface area contributed by atoms with Gasteiger partial charge in [-0.15, -0.1) is 24.8 Å². The first-order valence-corrected chi connectivity index (χ1v) is 3.91. The van der Waals surface area contributed by atoms with Crippen LogP contribution in [0.5, 0.6) is 0 Å². The van der Waals surface area contributed by atoms with Crippen LogP contribution < -0.4 is 0 Å². The largest absolute Gasteiger partial charge is 0.187 e. The molecule has 0 N–H and O–H groups in total. The molecule has 0 heterocycles. The van der Waals surface area contributed by atoms with Gasteiger partial charge in [-0.2, -0.15) is 0 Å². The van der Waals surface area contributed by atoms with E-state index in [1.54, 1.807) is 0 Å². The van der Waals surface area contributed by atoms with Crippen LogP contribution in [0.1, 0.15) is 52.4 Å². The first kappa shape index (κ1) is 22.7. The molecule has 0 fully saturated rings. The second kappa shape index (κ2) is 22.5. The summed E-state index contributed by atoms with van der Waals surface area (Å²) in [6.07, 6.45) is 8.49. The summed E-state index contributed by atoms with van der Waals surface area (Å²) in [6.45, 7) is 4.51. The molecule has 0 aromatic heterocycles. The third-order valence-electron chi connectivity index (χ3n) is 1.46. The maximum Gasteiger partial charge on any atom is 0.187 e. The van der Waals surface area contributed by atoms with Gasteiger partial charge < -0.3 is 0 Å². The fourth-order valence-corrected chi connectivity index (χ4v) is 0.854. The minimum Gasteiger partial charge on any atom is -0.147 e. The summed E-state index contributed by atoms with van der Waals surface area (Å²) in [4.78, 5) is 0. The Hall–Kier alpha value is 1.11. The molecule has 0 radical (unpaired) electrons. The van der Waals surface area contributed by atoms with Crippen molar-refractivity contribution in [1.29, 1.82) is 0 Å². The molecule has 0 spiro atoms. The molecule has 0 aromatic carbocycles. The normalized spacial score (nSPS) is 7.09. The van der Waals surface area contributed by atoms with Gasteiger partial charge in [0.15, 0.2) is 17.4 Å². The summed E-state index contributed by atoms with van der Waals surface area (Å²) in [5, 5.41) is 0. The van der Waals surface area contributed by atoms with E-state index < -0.39 is 0 Å². The molecular weight excluding hydrogens is 194 g/mol. The Morgan fingerprint density at radius 2 is 0.909 bits per heavy atom. The number of rotatable bonds is 5. The third kappa shape index (κ3) is 24.7. The number of halogens is 2. The topological polar surface area (TPSA) is 0 Å². The molecule has 72 valence electrons. The quantitative estimate of drug-likeness (QED) is 0.490. The second-order valence-electron chi connectivity index (χ2n) is 2.41. The molecule has 0 aliphatic carbocycles. The van der Waals surface area contributed by atoms with Crippen molar-refractivity contribution in [3.8, 4) is 0 Å². The zero-order chi connectivity index (χ0) is 6.24. The first-order valence-electron chi connectivity index (χ1n) is 3.91.